The molecule has 2 unspecified atom stereocenters. The van der Waals surface area contributed by atoms with Crippen LogP contribution in [0.4, 0.5) is 45.5 Å². The number of nitrogens with zero attached hydrogens (tertiary/aromatic N) is 3. The van der Waals surface area contributed by atoms with Crippen molar-refractivity contribution in [3.8, 4) is 0 Å². The molecule has 0 bridgehead atoms. The van der Waals surface area contributed by atoms with Crippen molar-refractivity contribution in [3.63, 3.8) is 0 Å². The zero-order valence-electron chi connectivity index (χ0n) is 42.5. The third-order valence-electron chi connectivity index (χ3n) is 17.5. The fourth-order valence-corrected chi connectivity index (χ4v) is 14.8. The average molecular weight is 942 g/mol. The molecule has 5 heterocycles. The summed E-state index contributed by atoms with van der Waals surface area (Å²) >= 11 is 1.92. The van der Waals surface area contributed by atoms with Gasteiger partial charge in [-0.15, -0.1) is 11.3 Å². The van der Waals surface area contributed by atoms with Crippen LogP contribution in [0, 0.1) is 6.92 Å². The minimum Gasteiger partial charge on any atom is -0.456 e. The van der Waals surface area contributed by atoms with Gasteiger partial charge in [-0.2, -0.15) is 0 Å². The van der Waals surface area contributed by atoms with Gasteiger partial charge < -0.3 is 19.1 Å². The second-order valence-corrected chi connectivity index (χ2v) is 24.8. The molecule has 1 aliphatic carbocycles. The van der Waals surface area contributed by atoms with E-state index >= 15 is 0 Å². The highest BCUT2D eigenvalue weighted by Gasteiger charge is 2.58. The van der Waals surface area contributed by atoms with Crippen LogP contribution < -0.4 is 31.1 Å². The number of hydrogen-bond acceptors (Lipinski definition) is 5. The SMILES string of the molecule is Cc1cc2c3c(c1)N(c1cccc4c1sc1ccccc14)c1cc(N4c5ccc(C(C)(C)C)cc5C5(C)CCCCC45C)ccc1B3c1cc(C(C)(C)C)ccc1N2c1ccc2oc3ccccc3c2c1. The summed E-state index contributed by atoms with van der Waals surface area (Å²) in [6, 6.07) is 58.5. The molecule has 2 atom stereocenters. The van der Waals surface area contributed by atoms with Gasteiger partial charge in [0.15, 0.2) is 0 Å². The topological polar surface area (TPSA) is 22.9 Å². The van der Waals surface area contributed by atoms with Gasteiger partial charge in [-0.3, -0.25) is 0 Å². The summed E-state index contributed by atoms with van der Waals surface area (Å²) in [5.74, 6) is 0. The predicted octanol–water partition coefficient (Wildman–Crippen LogP) is 16.7. The molecule has 0 spiro atoms. The Balaban J connectivity index is 1.06. The number of benzene rings is 8. The maximum atomic E-state index is 6.43. The third kappa shape index (κ3) is 5.98. The summed E-state index contributed by atoms with van der Waals surface area (Å²) < 4.78 is 9.05. The summed E-state index contributed by atoms with van der Waals surface area (Å²) in [6.45, 7) is 21.6. The summed E-state index contributed by atoms with van der Waals surface area (Å²) in [5, 5.41) is 4.89. The van der Waals surface area contributed by atoms with Crippen molar-refractivity contribution in [2.24, 2.45) is 0 Å². The molecule has 3 aliphatic heterocycles. The van der Waals surface area contributed by atoms with Crippen molar-refractivity contribution < 1.29 is 4.42 Å². The van der Waals surface area contributed by atoms with E-state index in [0.717, 1.165) is 34.0 Å². The molecule has 1 saturated carbocycles. The van der Waals surface area contributed by atoms with Crippen molar-refractivity contribution in [1.82, 2.24) is 0 Å². The molecule has 0 saturated heterocycles. The van der Waals surface area contributed by atoms with Gasteiger partial charge >= 0.3 is 0 Å². The van der Waals surface area contributed by atoms with E-state index in [0.29, 0.717) is 0 Å². The van der Waals surface area contributed by atoms with E-state index in [1.165, 1.54) is 118 Å². The first kappa shape index (κ1) is 43.1. The smallest absolute Gasteiger partial charge is 0.252 e. The first-order chi connectivity index (χ1) is 34.1. The molecule has 10 aromatic rings. The van der Waals surface area contributed by atoms with Gasteiger partial charge in [-0.05, 0) is 149 Å². The van der Waals surface area contributed by atoms with Gasteiger partial charge in [0.25, 0.3) is 6.71 Å². The molecule has 0 radical (unpaired) electrons. The molecule has 0 amide bonds. The van der Waals surface area contributed by atoms with Gasteiger partial charge in [-0.25, -0.2) is 0 Å². The lowest BCUT2D eigenvalue weighted by Crippen LogP contribution is -2.61. The maximum absolute atomic E-state index is 6.43. The fourth-order valence-electron chi connectivity index (χ4n) is 13.6. The highest BCUT2D eigenvalue weighted by atomic mass is 32.1. The maximum Gasteiger partial charge on any atom is 0.252 e. The molecular weight excluding hydrogens is 882 g/mol. The normalized spacial score (nSPS) is 19.4. The van der Waals surface area contributed by atoms with Crippen LogP contribution in [-0.2, 0) is 16.2 Å². The van der Waals surface area contributed by atoms with Crippen molar-refractivity contribution in [2.75, 3.05) is 14.7 Å². The number of thiophene rings is 1. The molecule has 4 nitrogen and oxygen atoms in total. The Labute approximate surface area is 422 Å². The molecule has 350 valence electrons. The number of rotatable bonds is 3. The van der Waals surface area contributed by atoms with Gasteiger partial charge in [0.2, 0.25) is 0 Å². The van der Waals surface area contributed by atoms with Crippen molar-refractivity contribution in [2.45, 2.75) is 110 Å². The van der Waals surface area contributed by atoms with Crippen molar-refractivity contribution >= 4 is 122 Å². The Bertz CT molecular complexity index is 3900. The van der Waals surface area contributed by atoms with E-state index in [-0.39, 0.29) is 28.5 Å². The highest BCUT2D eigenvalue weighted by Crippen LogP contribution is 2.62. The van der Waals surface area contributed by atoms with Crippen LogP contribution in [0.3, 0.4) is 0 Å². The summed E-state index contributed by atoms with van der Waals surface area (Å²) in [5.41, 5.74) is 21.2. The van der Waals surface area contributed by atoms with Gasteiger partial charge in [-0.1, -0.05) is 140 Å². The van der Waals surface area contributed by atoms with Crippen LogP contribution in [-0.4, -0.2) is 12.3 Å². The highest BCUT2D eigenvalue weighted by molar-refractivity contribution is 7.26. The largest absolute Gasteiger partial charge is 0.456 e. The second-order valence-electron chi connectivity index (χ2n) is 23.7. The van der Waals surface area contributed by atoms with Crippen molar-refractivity contribution in [3.05, 3.63) is 174 Å². The van der Waals surface area contributed by atoms with E-state index in [9.17, 15) is 0 Å². The quantitative estimate of drug-likeness (QED) is 0.165. The molecule has 4 aliphatic rings. The minimum atomic E-state index is -0.0913. The zero-order chi connectivity index (χ0) is 48.5. The van der Waals surface area contributed by atoms with Crippen LogP contribution in [0.25, 0.3) is 42.1 Å². The molecule has 2 aromatic heterocycles. The first-order valence-electron chi connectivity index (χ1n) is 25.9. The summed E-state index contributed by atoms with van der Waals surface area (Å²) in [4.78, 5) is 8.01. The summed E-state index contributed by atoms with van der Waals surface area (Å²) in [7, 11) is 0. The fraction of sp³-hybridized carbons (Fsp3) is 0.262. The number of fused-ring (bicyclic) bond motifs is 13. The van der Waals surface area contributed by atoms with Gasteiger partial charge in [0.05, 0.1) is 15.9 Å². The van der Waals surface area contributed by atoms with Crippen molar-refractivity contribution in [1.29, 1.82) is 0 Å². The van der Waals surface area contributed by atoms with Crippen LogP contribution in [0.1, 0.15) is 103 Å². The van der Waals surface area contributed by atoms with E-state index in [1.807, 2.05) is 11.3 Å². The van der Waals surface area contributed by atoms with Gasteiger partial charge in [0.1, 0.15) is 11.2 Å². The van der Waals surface area contributed by atoms with Crippen LogP contribution >= 0.6 is 11.3 Å². The Morgan fingerprint density at radius 3 is 2.00 bits per heavy atom. The Hall–Kier alpha value is -6.76. The van der Waals surface area contributed by atoms with E-state index in [1.54, 1.807) is 0 Å². The first-order valence-corrected chi connectivity index (χ1v) is 26.7. The lowest BCUT2D eigenvalue weighted by Gasteiger charge is -2.50. The minimum absolute atomic E-state index is 0.00899. The average Bonchev–Trinajstić information content (AvgIpc) is 3.98. The number of hydrogen-bond donors (Lipinski definition) is 0. The standard InChI is InChI=1S/C65H60BN3OS/c1-39-33-55-60-56(34-39)68(53-20-16-19-46-45-18-11-13-22-59(45)71-61(46)53)54-38-43(69-51-28-23-40(62(2,3)4)35-48(51)64(8)31-14-15-32-65(64,69)9)25-27-49(54)66(60)50-36-41(63(5,6)7)24-29-52(50)67(55)42-26-30-58-47(37-42)44-17-10-12-21-57(44)70-58/h10-13,16-30,33-38H,14-15,31-32H2,1-9H3. The van der Waals surface area contributed by atoms with Crippen LogP contribution in [0.15, 0.2) is 156 Å². The lowest BCUT2D eigenvalue weighted by molar-refractivity contribution is 0.195. The predicted molar refractivity (Wildman–Crippen MR) is 306 cm³/mol. The Kier molecular flexibility index (Phi) is 8.90. The molecular formula is C65H60BN3OS. The Morgan fingerprint density at radius 1 is 0.521 bits per heavy atom. The number of aryl methyl sites for hydroxylation is 1. The molecule has 0 N–H and O–H groups in total. The number of furan rings is 1. The molecule has 14 rings (SSSR count). The van der Waals surface area contributed by atoms with E-state index in [4.69, 9.17) is 4.42 Å². The third-order valence-corrected chi connectivity index (χ3v) is 18.7. The van der Waals surface area contributed by atoms with Crippen LogP contribution in [0.2, 0.25) is 0 Å². The van der Waals surface area contributed by atoms with Gasteiger partial charge in [0, 0.05) is 71.5 Å². The monoisotopic (exact) mass is 941 g/mol. The van der Waals surface area contributed by atoms with E-state index in [2.05, 4.69) is 229 Å². The molecule has 8 aromatic carbocycles. The van der Waals surface area contributed by atoms with Crippen LogP contribution in [0.5, 0.6) is 0 Å². The Morgan fingerprint density at radius 2 is 1.20 bits per heavy atom. The second kappa shape index (κ2) is 14.7. The lowest BCUT2D eigenvalue weighted by atomic mass is 9.33. The molecule has 6 heteroatoms. The number of para-hydroxylation sites is 1. The summed E-state index contributed by atoms with van der Waals surface area (Å²) in [6.07, 6.45) is 4.84. The number of anilines is 8. The molecule has 1 fully saturated rings. The molecule has 71 heavy (non-hydrogen) atoms. The zero-order valence-corrected chi connectivity index (χ0v) is 43.3. The van der Waals surface area contributed by atoms with E-state index < -0.39 is 0 Å².